The second-order valence-electron chi connectivity index (χ2n) is 5.48. The van der Waals surface area contributed by atoms with Crippen LogP contribution in [-0.2, 0) is 12.3 Å². The lowest BCUT2D eigenvalue weighted by atomic mass is 10.2. The second-order valence-corrected chi connectivity index (χ2v) is 7.34. The maximum absolute atomic E-state index is 12.7. The molecule has 4 nitrogen and oxygen atoms in total. The third kappa shape index (κ3) is 3.53. The first-order valence-corrected chi connectivity index (χ1v) is 9.33. The first kappa shape index (κ1) is 16.3. The molecule has 1 N–H and O–H groups in total. The van der Waals surface area contributed by atoms with Gasteiger partial charge in [0.05, 0.1) is 5.52 Å². The van der Waals surface area contributed by atoms with Crippen LogP contribution in [-0.4, -0.2) is 14.5 Å². The number of hydrogen-bond donors (Lipinski definition) is 1. The zero-order chi connectivity index (χ0) is 16.4. The molecule has 1 aromatic carbocycles. The lowest BCUT2D eigenvalue weighted by Crippen LogP contribution is -2.23. The number of fused-ring (bicyclic) bond motifs is 1. The summed E-state index contributed by atoms with van der Waals surface area (Å²) in [5, 5.41) is 0.784. The van der Waals surface area contributed by atoms with Crippen LogP contribution in [0, 0.1) is 6.92 Å². The predicted octanol–water partition coefficient (Wildman–Crippen LogP) is 4.50. The maximum Gasteiger partial charge on any atom is 0.278 e. The number of H-pyrrole nitrogens is 1. The van der Waals surface area contributed by atoms with E-state index in [-0.39, 0.29) is 5.56 Å². The topological polar surface area (TPSA) is 50.7 Å². The van der Waals surface area contributed by atoms with Gasteiger partial charge >= 0.3 is 0 Å². The number of thioether (sulfide) groups is 1. The molecule has 2 heterocycles. The quantitative estimate of drug-likeness (QED) is 0.514. The minimum absolute atomic E-state index is 0.0169. The number of halogens is 1. The molecule has 3 aromatic rings. The van der Waals surface area contributed by atoms with E-state index < -0.39 is 0 Å². The molecule has 0 fully saturated rings. The summed E-state index contributed by atoms with van der Waals surface area (Å²) in [4.78, 5) is 20.5. The molecule has 0 bridgehead atoms. The summed E-state index contributed by atoms with van der Waals surface area (Å²) in [5.41, 5.74) is 3.54. The van der Waals surface area contributed by atoms with Crippen LogP contribution >= 0.6 is 27.7 Å². The van der Waals surface area contributed by atoms with Crippen LogP contribution in [0.25, 0.3) is 11.0 Å². The normalized spacial score (nSPS) is 11.3. The van der Waals surface area contributed by atoms with Gasteiger partial charge in [0.1, 0.15) is 5.52 Å². The Morgan fingerprint density at radius 1 is 1.30 bits per heavy atom. The summed E-state index contributed by atoms with van der Waals surface area (Å²) in [6, 6.07) is 10.1. The minimum Gasteiger partial charge on any atom is -0.353 e. The van der Waals surface area contributed by atoms with Crippen LogP contribution < -0.4 is 5.56 Å². The van der Waals surface area contributed by atoms with Crippen molar-refractivity contribution < 1.29 is 0 Å². The van der Waals surface area contributed by atoms with E-state index >= 15 is 0 Å². The van der Waals surface area contributed by atoms with Crippen LogP contribution in [0.3, 0.4) is 0 Å². The van der Waals surface area contributed by atoms with Crippen molar-refractivity contribution >= 4 is 38.7 Å². The summed E-state index contributed by atoms with van der Waals surface area (Å²) in [7, 11) is 0. The zero-order valence-electron chi connectivity index (χ0n) is 13.1. The van der Waals surface area contributed by atoms with Crippen molar-refractivity contribution in [2.24, 2.45) is 0 Å². The van der Waals surface area contributed by atoms with Gasteiger partial charge in [-0.15, -0.1) is 0 Å². The third-order valence-electron chi connectivity index (χ3n) is 3.57. The number of benzene rings is 1. The van der Waals surface area contributed by atoms with E-state index in [1.165, 1.54) is 5.56 Å². The largest absolute Gasteiger partial charge is 0.353 e. The van der Waals surface area contributed by atoms with Crippen molar-refractivity contribution in [3.63, 3.8) is 0 Å². The molecule has 3 rings (SSSR count). The molecular weight excluding hydrogens is 374 g/mol. The molecule has 2 aromatic heterocycles. The second kappa shape index (κ2) is 6.93. The van der Waals surface area contributed by atoms with Crippen molar-refractivity contribution in [2.45, 2.75) is 37.7 Å². The van der Waals surface area contributed by atoms with E-state index in [9.17, 15) is 4.79 Å². The first-order valence-electron chi connectivity index (χ1n) is 7.56. The lowest BCUT2D eigenvalue weighted by Gasteiger charge is -2.11. The average Bonchev–Trinajstić information content (AvgIpc) is 2.91. The van der Waals surface area contributed by atoms with Crippen molar-refractivity contribution in [1.29, 1.82) is 0 Å². The fourth-order valence-corrected chi connectivity index (χ4v) is 3.72. The molecule has 23 heavy (non-hydrogen) atoms. The van der Waals surface area contributed by atoms with Crippen molar-refractivity contribution in [1.82, 2.24) is 14.5 Å². The molecule has 0 atom stereocenters. The van der Waals surface area contributed by atoms with Crippen LogP contribution in [0.1, 0.15) is 24.6 Å². The Hall–Kier alpha value is -1.53. The van der Waals surface area contributed by atoms with Crippen LogP contribution in [0.5, 0.6) is 0 Å². The van der Waals surface area contributed by atoms with Crippen molar-refractivity contribution in [3.8, 4) is 0 Å². The lowest BCUT2D eigenvalue weighted by molar-refractivity contribution is 0.584. The number of aryl methyl sites for hydroxylation is 1. The number of aromatic nitrogens is 3. The van der Waals surface area contributed by atoms with E-state index in [2.05, 4.69) is 40.0 Å². The fourth-order valence-electron chi connectivity index (χ4n) is 2.47. The Morgan fingerprint density at radius 3 is 2.74 bits per heavy atom. The van der Waals surface area contributed by atoms with E-state index in [1.807, 2.05) is 25.1 Å². The van der Waals surface area contributed by atoms with E-state index in [4.69, 9.17) is 4.98 Å². The number of aromatic amines is 1. The highest BCUT2D eigenvalue weighted by Crippen LogP contribution is 2.23. The van der Waals surface area contributed by atoms with E-state index in [0.29, 0.717) is 12.1 Å². The Morgan fingerprint density at radius 2 is 2.04 bits per heavy atom. The molecule has 0 aliphatic rings. The molecule has 0 aliphatic carbocycles. The molecule has 0 aliphatic heterocycles. The van der Waals surface area contributed by atoms with Gasteiger partial charge in [0.2, 0.25) is 0 Å². The number of nitrogens with one attached hydrogen (secondary N) is 1. The summed E-state index contributed by atoms with van der Waals surface area (Å²) in [6.45, 7) is 4.70. The van der Waals surface area contributed by atoms with Crippen molar-refractivity contribution in [3.05, 3.63) is 56.4 Å². The van der Waals surface area contributed by atoms with Crippen LogP contribution in [0.15, 0.2) is 44.8 Å². The first-order chi connectivity index (χ1) is 11.1. The number of hydrogen-bond acceptors (Lipinski definition) is 3. The highest BCUT2D eigenvalue weighted by atomic mass is 79.9. The van der Waals surface area contributed by atoms with Gasteiger partial charge < -0.3 is 4.98 Å². The predicted molar refractivity (Wildman–Crippen MR) is 99.1 cm³/mol. The molecule has 0 radical (unpaired) electrons. The molecule has 0 unspecified atom stereocenters. The molecule has 0 saturated heterocycles. The van der Waals surface area contributed by atoms with Gasteiger partial charge in [0.25, 0.3) is 5.56 Å². The van der Waals surface area contributed by atoms with Gasteiger partial charge in [0.15, 0.2) is 5.16 Å². The highest BCUT2D eigenvalue weighted by Gasteiger charge is 2.13. The van der Waals surface area contributed by atoms with Gasteiger partial charge in [-0.25, -0.2) is 4.98 Å². The SMILES string of the molecule is CCCn1c(SCc2ccc(Br)cc2)nc2cc(C)[nH]c2c1=O. The van der Waals surface area contributed by atoms with E-state index in [1.54, 1.807) is 16.3 Å². The minimum atomic E-state index is 0.0169. The van der Waals surface area contributed by atoms with Gasteiger partial charge in [-0.1, -0.05) is 46.7 Å². The average molecular weight is 392 g/mol. The molecular formula is C17H18BrN3OS. The summed E-state index contributed by atoms with van der Waals surface area (Å²) >= 11 is 5.05. The Kier molecular flexibility index (Phi) is 4.92. The molecule has 0 saturated carbocycles. The monoisotopic (exact) mass is 391 g/mol. The Bertz CT molecular complexity index is 883. The summed E-state index contributed by atoms with van der Waals surface area (Å²) < 4.78 is 2.85. The maximum atomic E-state index is 12.7. The zero-order valence-corrected chi connectivity index (χ0v) is 15.5. The summed E-state index contributed by atoms with van der Waals surface area (Å²) in [6.07, 6.45) is 0.901. The van der Waals surface area contributed by atoms with Gasteiger partial charge in [-0.05, 0) is 37.1 Å². The highest BCUT2D eigenvalue weighted by molar-refractivity contribution is 9.10. The number of rotatable bonds is 5. The van der Waals surface area contributed by atoms with Gasteiger partial charge in [0, 0.05) is 22.5 Å². The summed E-state index contributed by atoms with van der Waals surface area (Å²) in [5.74, 6) is 0.790. The van der Waals surface area contributed by atoms with Crippen LogP contribution in [0.2, 0.25) is 0 Å². The number of nitrogens with zero attached hydrogens (tertiary/aromatic N) is 2. The molecule has 0 amide bonds. The fraction of sp³-hybridized carbons (Fsp3) is 0.294. The molecule has 6 heteroatoms. The third-order valence-corrected chi connectivity index (χ3v) is 5.14. The van der Waals surface area contributed by atoms with Crippen molar-refractivity contribution in [2.75, 3.05) is 0 Å². The molecule has 120 valence electrons. The van der Waals surface area contributed by atoms with Gasteiger partial charge in [-0.2, -0.15) is 0 Å². The van der Waals surface area contributed by atoms with Gasteiger partial charge in [-0.3, -0.25) is 9.36 Å². The van der Waals surface area contributed by atoms with Crippen LogP contribution in [0.4, 0.5) is 0 Å². The van der Waals surface area contributed by atoms with E-state index in [0.717, 1.165) is 33.0 Å². The standard InChI is InChI=1S/C17H18BrN3OS/c1-3-8-21-16(22)15-14(9-11(2)19-15)20-17(21)23-10-12-4-6-13(18)7-5-12/h4-7,9,19H,3,8,10H2,1-2H3. The Labute approximate surface area is 147 Å². The smallest absolute Gasteiger partial charge is 0.278 e. The Balaban J connectivity index is 1.96. The molecule has 0 spiro atoms.